The first-order chi connectivity index (χ1) is 9.26. The lowest BCUT2D eigenvalue weighted by Gasteiger charge is -2.10. The maximum Gasteiger partial charge on any atom is 0.274 e. The quantitative estimate of drug-likeness (QED) is 0.833. The molecule has 0 aliphatic rings. The van der Waals surface area contributed by atoms with Gasteiger partial charge in [-0.15, -0.1) is 0 Å². The third-order valence-corrected chi connectivity index (χ3v) is 2.58. The summed E-state index contributed by atoms with van der Waals surface area (Å²) in [7, 11) is 0. The fourth-order valence-corrected chi connectivity index (χ4v) is 1.66. The molecule has 5 heteroatoms. The Morgan fingerprint density at radius 1 is 1.37 bits per heavy atom. The van der Waals surface area contributed by atoms with Crippen molar-refractivity contribution in [1.82, 2.24) is 10.2 Å². The normalized spacial score (nSPS) is 10.2. The molecule has 0 unspecified atom stereocenters. The van der Waals surface area contributed by atoms with Gasteiger partial charge in [0.05, 0.1) is 17.9 Å². The third kappa shape index (κ3) is 2.88. The van der Waals surface area contributed by atoms with E-state index >= 15 is 0 Å². The van der Waals surface area contributed by atoms with Gasteiger partial charge in [-0.25, -0.2) is 5.10 Å². The first kappa shape index (κ1) is 13.0. The van der Waals surface area contributed by atoms with E-state index in [2.05, 4.69) is 10.2 Å². The number of nitrogens with zero attached hydrogens (tertiary/aromatic N) is 1. The van der Waals surface area contributed by atoms with Crippen LogP contribution in [0.2, 0.25) is 0 Å². The summed E-state index contributed by atoms with van der Waals surface area (Å²) >= 11 is 0. The number of para-hydroxylation sites is 1. The highest BCUT2D eigenvalue weighted by molar-refractivity contribution is 5.77. The summed E-state index contributed by atoms with van der Waals surface area (Å²) in [6, 6.07) is 8.83. The van der Waals surface area contributed by atoms with Crippen LogP contribution in [0.4, 0.5) is 0 Å². The van der Waals surface area contributed by atoms with Crippen LogP contribution in [-0.4, -0.2) is 23.1 Å². The summed E-state index contributed by atoms with van der Waals surface area (Å²) in [5.41, 5.74) is 0.810. The number of hydrogen-bond acceptors (Lipinski definition) is 4. The molecule has 2 aromatic rings. The van der Waals surface area contributed by atoms with Gasteiger partial charge < -0.3 is 4.74 Å². The van der Waals surface area contributed by atoms with Gasteiger partial charge in [-0.2, -0.15) is 5.10 Å². The van der Waals surface area contributed by atoms with Gasteiger partial charge in [0.2, 0.25) is 0 Å². The van der Waals surface area contributed by atoms with Crippen LogP contribution >= 0.6 is 0 Å². The van der Waals surface area contributed by atoms with Gasteiger partial charge >= 0.3 is 0 Å². The first-order valence-corrected chi connectivity index (χ1v) is 6.03. The number of nitrogens with one attached hydrogen (secondary N) is 1. The maximum absolute atomic E-state index is 11.3. The number of H-pyrrole nitrogens is 1. The standard InChI is InChI=1S/C14H14N2O3/c1-2-7-19-13-6-4-3-5-11(13)12-8-10(9-17)14(18)16-15-12/h3-6,8-9H,2,7H2,1H3,(H,16,18). The Labute approximate surface area is 110 Å². The molecule has 0 saturated heterocycles. The fraction of sp³-hybridized carbons (Fsp3) is 0.214. The van der Waals surface area contributed by atoms with Crippen LogP contribution in [0.25, 0.3) is 11.3 Å². The smallest absolute Gasteiger partial charge is 0.274 e. The average Bonchev–Trinajstić information content (AvgIpc) is 2.46. The average molecular weight is 258 g/mol. The molecule has 0 atom stereocenters. The number of carbonyl (C=O) groups is 1. The first-order valence-electron chi connectivity index (χ1n) is 6.03. The highest BCUT2D eigenvalue weighted by atomic mass is 16.5. The molecule has 19 heavy (non-hydrogen) atoms. The van der Waals surface area contributed by atoms with Gasteiger partial charge in [0.25, 0.3) is 5.56 Å². The van der Waals surface area contributed by atoms with Crippen molar-refractivity contribution >= 4 is 6.29 Å². The number of hydrogen-bond donors (Lipinski definition) is 1. The predicted molar refractivity (Wildman–Crippen MR) is 71.5 cm³/mol. The zero-order valence-electron chi connectivity index (χ0n) is 10.6. The monoisotopic (exact) mass is 258 g/mol. The van der Waals surface area contributed by atoms with Gasteiger partial charge in [-0.1, -0.05) is 19.1 Å². The van der Waals surface area contributed by atoms with Crippen LogP contribution in [0.15, 0.2) is 35.1 Å². The summed E-state index contributed by atoms with van der Waals surface area (Å²) in [5.74, 6) is 0.681. The Hall–Kier alpha value is -2.43. The SMILES string of the molecule is CCCOc1ccccc1-c1cc(C=O)c(=O)[nH]n1. The lowest BCUT2D eigenvalue weighted by Crippen LogP contribution is -2.14. The molecule has 1 aromatic carbocycles. The molecule has 98 valence electrons. The predicted octanol–water partition coefficient (Wildman–Crippen LogP) is 2.04. The minimum atomic E-state index is -0.495. The van der Waals surface area contributed by atoms with Gasteiger partial charge in [0, 0.05) is 5.56 Å². The molecule has 1 N–H and O–H groups in total. The molecular formula is C14H14N2O3. The van der Waals surface area contributed by atoms with Crippen LogP contribution in [0.1, 0.15) is 23.7 Å². The van der Waals surface area contributed by atoms with Gasteiger partial charge in [0.1, 0.15) is 5.75 Å². The lowest BCUT2D eigenvalue weighted by atomic mass is 10.1. The molecule has 0 radical (unpaired) electrons. The molecule has 1 heterocycles. The summed E-state index contributed by atoms with van der Waals surface area (Å²) in [6.45, 7) is 2.62. The Balaban J connectivity index is 2.46. The summed E-state index contributed by atoms with van der Waals surface area (Å²) in [5, 5.41) is 6.26. The van der Waals surface area contributed by atoms with Crippen molar-refractivity contribution in [2.45, 2.75) is 13.3 Å². The number of ether oxygens (including phenoxy) is 1. The molecule has 0 fully saturated rings. The molecule has 0 spiro atoms. The van der Waals surface area contributed by atoms with Crippen LogP contribution in [0, 0.1) is 0 Å². The molecule has 5 nitrogen and oxygen atoms in total. The minimum Gasteiger partial charge on any atom is -0.493 e. The van der Waals surface area contributed by atoms with Crippen LogP contribution < -0.4 is 10.3 Å². The van der Waals surface area contributed by atoms with Crippen molar-refractivity contribution in [3.05, 3.63) is 46.2 Å². The van der Waals surface area contributed by atoms with Crippen molar-refractivity contribution in [2.75, 3.05) is 6.61 Å². The summed E-state index contributed by atoms with van der Waals surface area (Å²) < 4.78 is 5.62. The van der Waals surface area contributed by atoms with E-state index < -0.39 is 5.56 Å². The van der Waals surface area contributed by atoms with Gasteiger partial charge in [0.15, 0.2) is 6.29 Å². The van der Waals surface area contributed by atoms with Crippen molar-refractivity contribution < 1.29 is 9.53 Å². The number of aromatic nitrogens is 2. The Bertz CT molecular complexity index is 635. The minimum absolute atomic E-state index is 0.0512. The molecule has 0 saturated carbocycles. The van der Waals surface area contributed by atoms with E-state index in [1.165, 1.54) is 6.07 Å². The Morgan fingerprint density at radius 3 is 2.89 bits per heavy atom. The summed E-state index contributed by atoms with van der Waals surface area (Å²) in [4.78, 5) is 22.1. The summed E-state index contributed by atoms with van der Waals surface area (Å²) in [6.07, 6.45) is 1.41. The number of benzene rings is 1. The van der Waals surface area contributed by atoms with Gasteiger partial charge in [-0.05, 0) is 24.6 Å². The Kier molecular flexibility index (Phi) is 4.07. The molecule has 0 bridgehead atoms. The van der Waals surface area contributed by atoms with E-state index in [0.29, 0.717) is 24.3 Å². The van der Waals surface area contributed by atoms with Crippen LogP contribution in [0.3, 0.4) is 0 Å². The number of aldehydes is 1. The number of rotatable bonds is 5. The third-order valence-electron chi connectivity index (χ3n) is 2.58. The lowest BCUT2D eigenvalue weighted by molar-refractivity contribution is 0.112. The number of carbonyl (C=O) groups excluding carboxylic acids is 1. The highest BCUT2D eigenvalue weighted by Crippen LogP contribution is 2.27. The van der Waals surface area contributed by atoms with Gasteiger partial charge in [-0.3, -0.25) is 9.59 Å². The topological polar surface area (TPSA) is 72.1 Å². The van der Waals surface area contributed by atoms with E-state index in [1.807, 2.05) is 31.2 Å². The van der Waals surface area contributed by atoms with E-state index in [9.17, 15) is 9.59 Å². The molecule has 1 aromatic heterocycles. The fourth-order valence-electron chi connectivity index (χ4n) is 1.66. The maximum atomic E-state index is 11.3. The number of aromatic amines is 1. The largest absolute Gasteiger partial charge is 0.493 e. The Morgan fingerprint density at radius 2 is 2.16 bits per heavy atom. The van der Waals surface area contributed by atoms with Crippen molar-refractivity contribution in [3.8, 4) is 17.0 Å². The molecule has 0 amide bonds. The second-order valence-corrected chi connectivity index (χ2v) is 4.00. The van der Waals surface area contributed by atoms with E-state index in [-0.39, 0.29) is 5.56 Å². The highest BCUT2D eigenvalue weighted by Gasteiger charge is 2.09. The molecular weight excluding hydrogens is 244 g/mol. The second kappa shape index (κ2) is 5.95. The molecule has 2 rings (SSSR count). The van der Waals surface area contributed by atoms with E-state index in [1.54, 1.807) is 0 Å². The zero-order valence-corrected chi connectivity index (χ0v) is 10.6. The second-order valence-electron chi connectivity index (χ2n) is 4.00. The molecule has 0 aliphatic carbocycles. The van der Waals surface area contributed by atoms with Crippen molar-refractivity contribution in [3.63, 3.8) is 0 Å². The van der Waals surface area contributed by atoms with Crippen LogP contribution in [-0.2, 0) is 0 Å². The van der Waals surface area contributed by atoms with E-state index in [4.69, 9.17) is 4.74 Å². The van der Waals surface area contributed by atoms with Crippen molar-refractivity contribution in [1.29, 1.82) is 0 Å². The van der Waals surface area contributed by atoms with E-state index in [0.717, 1.165) is 12.0 Å². The van der Waals surface area contributed by atoms with Crippen molar-refractivity contribution in [2.24, 2.45) is 0 Å². The zero-order chi connectivity index (χ0) is 13.7. The van der Waals surface area contributed by atoms with Crippen LogP contribution in [0.5, 0.6) is 5.75 Å². The molecule has 0 aliphatic heterocycles.